The van der Waals surface area contributed by atoms with Crippen molar-refractivity contribution in [2.45, 2.75) is 31.6 Å². The Morgan fingerprint density at radius 3 is 2.19 bits per heavy atom. The van der Waals surface area contributed by atoms with E-state index in [4.69, 9.17) is 0 Å². The summed E-state index contributed by atoms with van der Waals surface area (Å²) in [5.74, 6) is -0.262. The van der Waals surface area contributed by atoms with Gasteiger partial charge in [-0.15, -0.1) is 0 Å². The predicted molar refractivity (Wildman–Crippen MR) is 82.5 cm³/mol. The molecule has 2 rings (SSSR count). The monoisotopic (exact) mass is 307 g/mol. The van der Waals surface area contributed by atoms with E-state index < -0.39 is 15.8 Å². The maximum Gasteiger partial charge on any atom is 0.261 e. The summed E-state index contributed by atoms with van der Waals surface area (Å²) in [7, 11) is -3.78. The van der Waals surface area contributed by atoms with E-state index >= 15 is 0 Å². The van der Waals surface area contributed by atoms with E-state index in [2.05, 4.69) is 4.72 Å². The molecule has 0 saturated carbocycles. The van der Waals surface area contributed by atoms with E-state index in [9.17, 15) is 12.8 Å². The van der Waals surface area contributed by atoms with Crippen molar-refractivity contribution in [3.8, 4) is 0 Å². The van der Waals surface area contributed by atoms with Crippen LogP contribution in [0.1, 0.15) is 30.9 Å². The molecule has 0 fully saturated rings. The molecule has 0 radical (unpaired) electrons. The van der Waals surface area contributed by atoms with Crippen molar-refractivity contribution < 1.29 is 12.8 Å². The summed E-state index contributed by atoms with van der Waals surface area (Å²) < 4.78 is 40.5. The van der Waals surface area contributed by atoms with E-state index in [1.807, 2.05) is 13.8 Å². The van der Waals surface area contributed by atoms with E-state index in [1.54, 1.807) is 25.1 Å². The molecule has 0 spiro atoms. The summed E-state index contributed by atoms with van der Waals surface area (Å²) in [5.41, 5.74) is 1.74. The SMILES string of the molecule is Cc1ccc(NS(=O)(=O)c2ccc(C(C)C)cc2)c(F)c1. The van der Waals surface area contributed by atoms with Crippen LogP contribution in [-0.2, 0) is 10.0 Å². The first-order valence-corrected chi connectivity index (χ1v) is 8.17. The zero-order chi connectivity index (χ0) is 15.6. The molecule has 0 amide bonds. The first kappa shape index (κ1) is 15.5. The van der Waals surface area contributed by atoms with Crippen molar-refractivity contribution in [1.29, 1.82) is 0 Å². The highest BCUT2D eigenvalue weighted by atomic mass is 32.2. The van der Waals surface area contributed by atoms with Gasteiger partial charge in [0, 0.05) is 0 Å². The average Bonchev–Trinajstić information content (AvgIpc) is 2.42. The third-order valence-corrected chi connectivity index (χ3v) is 4.61. The standard InChI is InChI=1S/C16H18FNO2S/c1-11(2)13-5-7-14(8-6-13)21(19,20)18-16-9-4-12(3)10-15(16)17/h4-11,18H,1-3H3. The van der Waals surface area contributed by atoms with Crippen LogP contribution in [0.2, 0.25) is 0 Å². The molecule has 0 aromatic heterocycles. The summed E-state index contributed by atoms with van der Waals surface area (Å²) >= 11 is 0. The molecule has 0 heterocycles. The molecule has 5 heteroatoms. The minimum absolute atomic E-state index is 0.0477. The molecule has 0 saturated heterocycles. The van der Waals surface area contributed by atoms with Crippen LogP contribution in [-0.4, -0.2) is 8.42 Å². The minimum atomic E-state index is -3.78. The van der Waals surface area contributed by atoms with Crippen LogP contribution in [0, 0.1) is 12.7 Å². The smallest absolute Gasteiger partial charge is 0.261 e. The molecule has 21 heavy (non-hydrogen) atoms. The first-order chi connectivity index (χ1) is 9.79. The summed E-state index contributed by atoms with van der Waals surface area (Å²) in [6, 6.07) is 11.0. The second kappa shape index (κ2) is 5.85. The molecule has 0 unspecified atom stereocenters. The molecule has 0 atom stereocenters. The molecule has 0 aliphatic rings. The fourth-order valence-electron chi connectivity index (χ4n) is 1.94. The lowest BCUT2D eigenvalue weighted by Crippen LogP contribution is -2.14. The van der Waals surface area contributed by atoms with Crippen LogP contribution >= 0.6 is 0 Å². The van der Waals surface area contributed by atoms with Gasteiger partial charge in [-0.1, -0.05) is 32.0 Å². The topological polar surface area (TPSA) is 46.2 Å². The van der Waals surface area contributed by atoms with Gasteiger partial charge < -0.3 is 0 Å². The molecule has 2 aromatic carbocycles. The Balaban J connectivity index is 2.29. The predicted octanol–water partition coefficient (Wildman–Crippen LogP) is 4.06. The number of anilines is 1. The number of aryl methyl sites for hydroxylation is 1. The van der Waals surface area contributed by atoms with Crippen LogP contribution in [0.15, 0.2) is 47.4 Å². The van der Waals surface area contributed by atoms with Crippen molar-refractivity contribution in [3.63, 3.8) is 0 Å². The lowest BCUT2D eigenvalue weighted by Gasteiger charge is -2.11. The maximum absolute atomic E-state index is 13.7. The Bertz CT molecular complexity index is 737. The van der Waals surface area contributed by atoms with Crippen LogP contribution in [0.3, 0.4) is 0 Å². The molecule has 112 valence electrons. The van der Waals surface area contributed by atoms with Crippen molar-refractivity contribution in [3.05, 3.63) is 59.4 Å². The van der Waals surface area contributed by atoms with Gasteiger partial charge in [0.1, 0.15) is 5.82 Å². The number of benzene rings is 2. The van der Waals surface area contributed by atoms with Gasteiger partial charge in [-0.3, -0.25) is 4.72 Å². The highest BCUT2D eigenvalue weighted by Crippen LogP contribution is 2.22. The van der Waals surface area contributed by atoms with Gasteiger partial charge in [-0.05, 0) is 48.2 Å². The normalized spacial score (nSPS) is 11.7. The summed E-state index contributed by atoms with van der Waals surface area (Å²) in [6.45, 7) is 5.80. The Labute approximate surface area is 124 Å². The van der Waals surface area contributed by atoms with Gasteiger partial charge in [0.2, 0.25) is 0 Å². The lowest BCUT2D eigenvalue weighted by atomic mass is 10.0. The average molecular weight is 307 g/mol. The lowest BCUT2D eigenvalue weighted by molar-refractivity contribution is 0.598. The second-order valence-corrected chi connectivity index (χ2v) is 6.99. The van der Waals surface area contributed by atoms with Gasteiger partial charge in [-0.25, -0.2) is 12.8 Å². The number of nitrogens with one attached hydrogen (secondary N) is 1. The fraction of sp³-hybridized carbons (Fsp3) is 0.250. The molecular formula is C16H18FNO2S. The van der Waals surface area contributed by atoms with E-state index in [1.165, 1.54) is 24.3 Å². The first-order valence-electron chi connectivity index (χ1n) is 6.68. The van der Waals surface area contributed by atoms with Crippen molar-refractivity contribution in [1.82, 2.24) is 0 Å². The fourth-order valence-corrected chi connectivity index (χ4v) is 3.01. The Morgan fingerprint density at radius 1 is 1.05 bits per heavy atom. The summed E-state index contributed by atoms with van der Waals surface area (Å²) in [5, 5.41) is 0. The van der Waals surface area contributed by atoms with Crippen molar-refractivity contribution >= 4 is 15.7 Å². The largest absolute Gasteiger partial charge is 0.277 e. The molecule has 1 N–H and O–H groups in total. The van der Waals surface area contributed by atoms with Gasteiger partial charge >= 0.3 is 0 Å². The highest BCUT2D eigenvalue weighted by molar-refractivity contribution is 7.92. The Kier molecular flexibility index (Phi) is 4.32. The third-order valence-electron chi connectivity index (χ3n) is 3.23. The van der Waals surface area contributed by atoms with E-state index in [-0.39, 0.29) is 10.6 Å². The number of sulfonamides is 1. The van der Waals surface area contributed by atoms with Crippen molar-refractivity contribution in [2.75, 3.05) is 4.72 Å². The Hall–Kier alpha value is -1.88. The zero-order valence-corrected chi connectivity index (χ0v) is 13.0. The third kappa shape index (κ3) is 3.61. The molecule has 0 aliphatic heterocycles. The number of hydrogen-bond donors (Lipinski definition) is 1. The number of rotatable bonds is 4. The van der Waals surface area contributed by atoms with Crippen LogP contribution in [0.25, 0.3) is 0 Å². The van der Waals surface area contributed by atoms with Gasteiger partial charge in [0.05, 0.1) is 10.6 Å². The number of halogens is 1. The zero-order valence-electron chi connectivity index (χ0n) is 12.2. The molecule has 0 bridgehead atoms. The van der Waals surface area contributed by atoms with Crippen LogP contribution in [0.5, 0.6) is 0 Å². The molecular weight excluding hydrogens is 289 g/mol. The van der Waals surface area contributed by atoms with Crippen LogP contribution < -0.4 is 4.72 Å². The molecule has 0 aliphatic carbocycles. The Morgan fingerprint density at radius 2 is 1.67 bits per heavy atom. The summed E-state index contributed by atoms with van der Waals surface area (Å²) in [4.78, 5) is 0.117. The molecule has 3 nitrogen and oxygen atoms in total. The molecule has 2 aromatic rings. The van der Waals surface area contributed by atoms with Gasteiger partial charge in [-0.2, -0.15) is 0 Å². The summed E-state index contributed by atoms with van der Waals surface area (Å²) in [6.07, 6.45) is 0. The van der Waals surface area contributed by atoms with E-state index in [0.29, 0.717) is 5.92 Å². The minimum Gasteiger partial charge on any atom is -0.277 e. The number of hydrogen-bond acceptors (Lipinski definition) is 2. The quantitative estimate of drug-likeness (QED) is 0.926. The van der Waals surface area contributed by atoms with Gasteiger partial charge in [0.15, 0.2) is 0 Å². The highest BCUT2D eigenvalue weighted by Gasteiger charge is 2.16. The maximum atomic E-state index is 13.7. The van der Waals surface area contributed by atoms with Gasteiger partial charge in [0.25, 0.3) is 10.0 Å². The van der Waals surface area contributed by atoms with Crippen LogP contribution in [0.4, 0.5) is 10.1 Å². The second-order valence-electron chi connectivity index (χ2n) is 5.31. The van der Waals surface area contributed by atoms with Crippen molar-refractivity contribution in [2.24, 2.45) is 0 Å². The van der Waals surface area contributed by atoms with E-state index in [0.717, 1.165) is 11.1 Å².